The van der Waals surface area contributed by atoms with Crippen molar-refractivity contribution in [2.75, 3.05) is 50.3 Å². The third kappa shape index (κ3) is 6.82. The molecule has 0 spiro atoms. The average molecular weight is 594 g/mol. The molecule has 13 nitrogen and oxygen atoms in total. The molecular formula is C24H29FN6O7P2. The van der Waals surface area contributed by atoms with Crippen LogP contribution in [0.2, 0.25) is 0 Å². The second kappa shape index (κ2) is 13.5. The third-order valence-corrected chi connectivity index (χ3v) is 5.90. The Kier molecular flexibility index (Phi) is 10.3. The van der Waals surface area contributed by atoms with Gasteiger partial charge in [0, 0.05) is 31.2 Å². The minimum absolute atomic E-state index is 0.109. The minimum atomic E-state index is -1.02. The lowest BCUT2D eigenvalue weighted by molar-refractivity contribution is -0.132. The number of ether oxygens (including phenoxy) is 4. The fourth-order valence-electron chi connectivity index (χ4n) is 3.61. The standard InChI is InChI=1S/C23H26FN6O5P.CH3O2P/c1-23(2)21(31)30(11-36)20-14(35-23)6-7-17(28-20)27-19-13(24)10-25-22(29-19)26-12-8-15(32-3)18(34-5)16(9-12)33-4;1-3-4-2/h6-10H,11,36H2,1-5H3,(H2,25,26,27,28,29);1H3. The number of fused-ring (bicyclic) bond motifs is 1. The maximum Gasteiger partial charge on any atom is 0.327 e. The van der Waals surface area contributed by atoms with Gasteiger partial charge in [-0.1, -0.05) is 0 Å². The van der Waals surface area contributed by atoms with Gasteiger partial charge >= 0.3 is 8.69 Å². The quantitative estimate of drug-likeness (QED) is 0.331. The number of nitrogens with one attached hydrogen (secondary N) is 2. The molecule has 1 amide bonds. The molecule has 3 aromatic rings. The number of carbonyl (C=O) groups excluding carboxylic acids is 1. The number of rotatable bonds is 9. The zero-order valence-corrected chi connectivity index (χ0v) is 24.7. The number of amides is 1. The fraction of sp³-hybridized carbons (Fsp3) is 0.333. The van der Waals surface area contributed by atoms with Crippen LogP contribution in [-0.4, -0.2) is 61.2 Å². The molecule has 0 fully saturated rings. The van der Waals surface area contributed by atoms with Gasteiger partial charge in [0.2, 0.25) is 11.7 Å². The Morgan fingerprint density at radius 2 is 1.73 bits per heavy atom. The number of hydrogen-bond acceptors (Lipinski definition) is 12. The normalized spacial score (nSPS) is 13.4. The molecule has 1 aromatic carbocycles. The first kappa shape index (κ1) is 30.7. The van der Waals surface area contributed by atoms with Gasteiger partial charge in [0.25, 0.3) is 5.91 Å². The summed E-state index contributed by atoms with van der Waals surface area (Å²) in [6.45, 7) is 3.38. The number of hydrogen-bond donors (Lipinski definition) is 2. The first-order chi connectivity index (χ1) is 19.1. The first-order valence-electron chi connectivity index (χ1n) is 11.6. The van der Waals surface area contributed by atoms with E-state index in [2.05, 4.69) is 39.3 Å². The van der Waals surface area contributed by atoms with E-state index in [9.17, 15) is 9.18 Å². The van der Waals surface area contributed by atoms with E-state index in [1.807, 2.05) is 0 Å². The Bertz CT molecular complexity index is 1360. The van der Waals surface area contributed by atoms with Crippen molar-refractivity contribution in [1.82, 2.24) is 15.0 Å². The van der Waals surface area contributed by atoms with Crippen molar-refractivity contribution in [2.45, 2.75) is 19.4 Å². The highest BCUT2D eigenvalue weighted by molar-refractivity contribution is 7.17. The van der Waals surface area contributed by atoms with Crippen LogP contribution in [0.4, 0.5) is 33.5 Å². The van der Waals surface area contributed by atoms with Crippen molar-refractivity contribution in [2.24, 2.45) is 0 Å². The van der Waals surface area contributed by atoms with Crippen LogP contribution in [0, 0.1) is 5.82 Å². The molecule has 0 saturated carbocycles. The van der Waals surface area contributed by atoms with Crippen molar-refractivity contribution >= 4 is 52.9 Å². The highest BCUT2D eigenvalue weighted by atomic mass is 31.1. The van der Waals surface area contributed by atoms with Gasteiger partial charge in [-0.25, -0.2) is 18.9 Å². The van der Waals surface area contributed by atoms with Gasteiger partial charge in [0.15, 0.2) is 40.3 Å². The number of methoxy groups -OCH3 is 3. The topological polar surface area (TPSA) is 146 Å². The summed E-state index contributed by atoms with van der Waals surface area (Å²) < 4.78 is 49.4. The maximum atomic E-state index is 14.6. The van der Waals surface area contributed by atoms with Gasteiger partial charge in [-0.3, -0.25) is 14.2 Å². The Labute approximate surface area is 234 Å². The summed E-state index contributed by atoms with van der Waals surface area (Å²) in [5.74, 6) is 1.38. The average Bonchev–Trinajstić information content (AvgIpc) is 2.95. The van der Waals surface area contributed by atoms with Crippen LogP contribution in [0.5, 0.6) is 23.0 Å². The van der Waals surface area contributed by atoms with E-state index >= 15 is 0 Å². The van der Waals surface area contributed by atoms with Gasteiger partial charge in [-0.05, 0) is 26.0 Å². The molecule has 0 bridgehead atoms. The van der Waals surface area contributed by atoms with Crippen molar-refractivity contribution < 1.29 is 37.2 Å². The second-order valence-electron chi connectivity index (χ2n) is 8.36. The molecule has 2 aromatic heterocycles. The van der Waals surface area contributed by atoms with Crippen LogP contribution in [0.1, 0.15) is 13.8 Å². The van der Waals surface area contributed by atoms with E-state index in [1.165, 1.54) is 33.3 Å². The molecule has 0 radical (unpaired) electrons. The number of anilines is 5. The van der Waals surface area contributed by atoms with Gasteiger partial charge in [0.1, 0.15) is 5.82 Å². The van der Waals surface area contributed by atoms with Crippen LogP contribution < -0.4 is 34.5 Å². The molecule has 1 atom stereocenters. The summed E-state index contributed by atoms with van der Waals surface area (Å²) in [4.78, 5) is 26.9. The summed E-state index contributed by atoms with van der Waals surface area (Å²) in [6, 6.07) is 6.62. The summed E-state index contributed by atoms with van der Waals surface area (Å²) in [5.41, 5.74) is -0.491. The molecule has 4 rings (SSSR count). The van der Waals surface area contributed by atoms with Crippen LogP contribution in [0.15, 0.2) is 30.5 Å². The third-order valence-electron chi connectivity index (χ3n) is 5.39. The Balaban J connectivity index is 0.00000103. The van der Waals surface area contributed by atoms with E-state index in [1.54, 1.807) is 38.1 Å². The Morgan fingerprint density at radius 1 is 1.07 bits per heavy atom. The van der Waals surface area contributed by atoms with E-state index in [4.69, 9.17) is 23.5 Å². The minimum Gasteiger partial charge on any atom is -0.493 e. The molecular weight excluding hydrogens is 565 g/mol. The molecule has 1 aliphatic rings. The van der Waals surface area contributed by atoms with E-state index in [-0.39, 0.29) is 32.2 Å². The van der Waals surface area contributed by atoms with E-state index < -0.39 is 11.4 Å². The lowest BCUT2D eigenvalue weighted by Gasteiger charge is -2.37. The van der Waals surface area contributed by atoms with Crippen molar-refractivity contribution in [3.63, 3.8) is 0 Å². The molecule has 1 aliphatic heterocycles. The van der Waals surface area contributed by atoms with Crippen molar-refractivity contribution in [3.05, 3.63) is 36.3 Å². The SMILES string of the molecule is COP=O.COc1cc(Nc2ncc(F)c(Nc3ccc4c(n3)N(CP)C(=O)C(C)(C)O4)n2)cc(OC)c1OC. The van der Waals surface area contributed by atoms with Crippen LogP contribution in [0.3, 0.4) is 0 Å². The second-order valence-corrected chi connectivity index (χ2v) is 9.24. The molecule has 1 unspecified atom stereocenters. The highest BCUT2D eigenvalue weighted by Crippen LogP contribution is 2.41. The number of benzene rings is 1. The predicted molar refractivity (Wildman–Crippen MR) is 150 cm³/mol. The zero-order chi connectivity index (χ0) is 29.4. The number of nitrogens with zero attached hydrogens (tertiary/aromatic N) is 4. The van der Waals surface area contributed by atoms with Crippen molar-refractivity contribution in [1.29, 1.82) is 0 Å². The zero-order valence-electron chi connectivity index (χ0n) is 22.6. The van der Waals surface area contributed by atoms with Crippen LogP contribution >= 0.6 is 17.9 Å². The molecule has 2 N–H and O–H groups in total. The number of halogens is 1. The molecule has 214 valence electrons. The Hall–Kier alpha value is -3.86. The van der Waals surface area contributed by atoms with Gasteiger partial charge in [-0.2, -0.15) is 4.98 Å². The largest absolute Gasteiger partial charge is 0.493 e. The summed E-state index contributed by atoms with van der Waals surface area (Å²) >= 11 is 0. The molecule has 0 saturated heterocycles. The summed E-state index contributed by atoms with van der Waals surface area (Å²) in [7, 11) is 8.11. The van der Waals surface area contributed by atoms with Crippen LogP contribution in [0.25, 0.3) is 0 Å². The van der Waals surface area contributed by atoms with E-state index in [0.717, 1.165) is 6.20 Å². The van der Waals surface area contributed by atoms with Gasteiger partial charge in [0.05, 0.1) is 27.5 Å². The molecule has 0 aliphatic carbocycles. The maximum absolute atomic E-state index is 14.6. The smallest absolute Gasteiger partial charge is 0.327 e. The van der Waals surface area contributed by atoms with Gasteiger partial charge in [-0.15, -0.1) is 9.24 Å². The lowest BCUT2D eigenvalue weighted by Crippen LogP contribution is -2.52. The number of carbonyl (C=O) groups is 1. The Morgan fingerprint density at radius 3 is 2.27 bits per heavy atom. The fourth-order valence-corrected chi connectivity index (χ4v) is 3.94. The summed E-state index contributed by atoms with van der Waals surface area (Å²) in [6.07, 6.45) is 1.35. The monoisotopic (exact) mass is 594 g/mol. The molecule has 16 heteroatoms. The highest BCUT2D eigenvalue weighted by Gasteiger charge is 2.41. The van der Waals surface area contributed by atoms with E-state index in [0.29, 0.717) is 40.8 Å². The predicted octanol–water partition coefficient (Wildman–Crippen LogP) is 4.70. The lowest BCUT2D eigenvalue weighted by atomic mass is 10.1. The molecule has 3 heterocycles. The summed E-state index contributed by atoms with van der Waals surface area (Å²) in [5, 5.41) is 5.84. The van der Waals surface area contributed by atoms with Gasteiger partial charge < -0.3 is 29.6 Å². The van der Waals surface area contributed by atoms with Crippen molar-refractivity contribution in [3.8, 4) is 23.0 Å². The first-order valence-corrected chi connectivity index (χ1v) is 13.1. The van der Waals surface area contributed by atoms with Crippen LogP contribution in [-0.2, 0) is 13.9 Å². The number of pyridine rings is 1. The molecule has 40 heavy (non-hydrogen) atoms. The number of aromatic nitrogens is 3.